The number of nitrogens with zero attached hydrogens (tertiary/aromatic N) is 6. The smallest absolute Gasteiger partial charge is 0.116 e. The number of hydrogen-bond acceptors (Lipinski definition) is 12. The number of pyridine rings is 6. The first-order valence-electron chi connectivity index (χ1n) is 44.9. The predicted molar refractivity (Wildman–Crippen MR) is 481 cm³/mol. The van der Waals surface area contributed by atoms with Crippen molar-refractivity contribution < 1.29 is 28.4 Å². The lowest BCUT2D eigenvalue weighted by Gasteiger charge is -2.04. The molecular weight excluding hydrogens is 1480 g/mol. The summed E-state index contributed by atoms with van der Waals surface area (Å²) in [6.07, 6.45) is 42.0. The molecule has 0 saturated carbocycles. The maximum Gasteiger partial charge on any atom is 0.116 e. The van der Waals surface area contributed by atoms with Crippen LogP contribution >= 0.6 is 0 Å². The molecule has 0 radical (unpaired) electrons. The molecule has 12 nitrogen and oxygen atoms in total. The van der Waals surface area contributed by atoms with E-state index in [9.17, 15) is 0 Å². The van der Waals surface area contributed by atoms with E-state index in [1.54, 1.807) is 0 Å². The average molecular weight is 1600 g/mol. The Morgan fingerprint density at radius 2 is 0.267 bits per heavy atom. The second-order valence-corrected chi connectivity index (χ2v) is 30.4. The van der Waals surface area contributed by atoms with Crippen LogP contribution in [-0.2, 0) is 68.1 Å². The van der Waals surface area contributed by atoms with Crippen LogP contribution in [0.1, 0.15) is 306 Å². The quantitative estimate of drug-likeness (QED) is 0.0336. The van der Waals surface area contributed by atoms with Crippen LogP contribution in [-0.4, -0.2) is 69.5 Å². The highest BCUT2D eigenvalue weighted by Crippen LogP contribution is 2.18. The number of aromatic nitrogens is 6. The Kier molecular flexibility index (Phi) is 51.7. The number of ether oxygens (including phenoxy) is 6. The molecule has 0 aliphatic carbocycles. The minimum Gasteiger partial charge on any atom is -0.377 e. The van der Waals surface area contributed by atoms with Gasteiger partial charge in [-0.3, -0.25) is 0 Å². The Bertz CT molecular complexity index is 3590. The SMILES string of the molecule is CCCCCCCCOCc1cc2c#cc#cc3cc(COCCCCCCCC)cc(c#cc#cc4cc(COCCCCCCCC)cc(c#cc#cc5cc(COCCCCCCCC)cc(c#cc#cc6cc(COCCCCCCCC)cc(c#cc#cc7cc(COCCCCCCCC)cc(c#cc#cc(c1)n2)n7)n6)n5)n4)n3. The van der Waals surface area contributed by atoms with Gasteiger partial charge in [-0.2, -0.15) is 0 Å². The van der Waals surface area contributed by atoms with Crippen LogP contribution < -0.4 is 0 Å². The number of rotatable bonds is 54. The van der Waals surface area contributed by atoms with Crippen LogP contribution in [0.5, 0.6) is 0 Å². The Morgan fingerprint density at radius 1 is 0.158 bits per heavy atom. The van der Waals surface area contributed by atoms with Crippen LogP contribution in [0.25, 0.3) is 66.2 Å². The summed E-state index contributed by atoms with van der Waals surface area (Å²) >= 11 is 0. The van der Waals surface area contributed by atoms with Gasteiger partial charge in [-0.25, -0.2) is 29.9 Å². The summed E-state index contributed by atoms with van der Waals surface area (Å²) in [6.45, 7) is 19.5. The summed E-state index contributed by atoms with van der Waals surface area (Å²) in [7, 11) is 0. The van der Waals surface area contributed by atoms with Gasteiger partial charge < -0.3 is 28.4 Å². The van der Waals surface area contributed by atoms with Crippen molar-refractivity contribution in [1.29, 1.82) is 0 Å². The first-order valence-corrected chi connectivity index (χ1v) is 44.9. The zero-order valence-corrected chi connectivity index (χ0v) is 73.0. The molecule has 7 rings (SSSR count). The van der Waals surface area contributed by atoms with E-state index in [0.29, 0.717) is 145 Å². The van der Waals surface area contributed by atoms with Crippen LogP contribution in [0.2, 0.25) is 0 Å². The van der Waals surface area contributed by atoms with Gasteiger partial charge in [-0.1, -0.05) is 234 Å². The third kappa shape index (κ3) is 45.5. The summed E-state index contributed by atoms with van der Waals surface area (Å²) in [6, 6.07) is 97.8. The molecular formula is C108H126N6O6. The molecule has 7 heterocycles. The molecule has 7 aromatic rings. The molecule has 0 spiro atoms. The molecule has 624 valence electrons. The monoisotopic (exact) mass is 1600 g/mol. The van der Waals surface area contributed by atoms with Gasteiger partial charge in [0, 0.05) is 39.6 Å². The van der Waals surface area contributed by atoms with E-state index >= 15 is 0 Å². The normalized spacial score (nSPS) is 10.2. The fourth-order valence-corrected chi connectivity index (χ4v) is 13.0. The molecule has 0 saturated heterocycles. The van der Waals surface area contributed by atoms with Gasteiger partial charge in [0.15, 0.2) is 0 Å². The van der Waals surface area contributed by atoms with Gasteiger partial charge in [0.1, 0.15) is 66.2 Å². The molecule has 120 heavy (non-hydrogen) atoms. The molecule has 0 N–H and O–H groups in total. The first kappa shape index (κ1) is 96.5. The molecule has 0 unspecified atom stereocenters. The fourth-order valence-electron chi connectivity index (χ4n) is 13.0. The van der Waals surface area contributed by atoms with Gasteiger partial charge in [-0.15, -0.1) is 0 Å². The van der Waals surface area contributed by atoms with Crippen molar-refractivity contribution in [1.82, 2.24) is 29.9 Å². The highest BCUT2D eigenvalue weighted by Gasteiger charge is 2.06. The Morgan fingerprint density at radius 3 is 0.383 bits per heavy atom. The van der Waals surface area contributed by atoms with Gasteiger partial charge in [0.25, 0.3) is 0 Å². The molecule has 7 aromatic heterocycles. The van der Waals surface area contributed by atoms with Gasteiger partial charge in [-0.05, 0) is 290 Å². The topological polar surface area (TPSA) is 133 Å². The predicted octanol–water partition coefficient (Wildman–Crippen LogP) is 25.9. The van der Waals surface area contributed by atoms with Gasteiger partial charge >= 0.3 is 0 Å². The third-order valence-electron chi connectivity index (χ3n) is 19.4. The van der Waals surface area contributed by atoms with Gasteiger partial charge in [0.2, 0.25) is 0 Å². The minimum absolute atomic E-state index is 0.368. The maximum absolute atomic E-state index is 6.24. The Balaban J connectivity index is 1.38. The van der Waals surface area contributed by atoms with Crippen molar-refractivity contribution in [2.24, 2.45) is 0 Å². The molecule has 12 heteroatoms. The zero-order valence-electron chi connectivity index (χ0n) is 73.0. The molecule has 0 aliphatic heterocycles. The van der Waals surface area contributed by atoms with Crippen LogP contribution in [0.4, 0.5) is 0 Å². The minimum atomic E-state index is 0.368. The fraction of sp³-hybridized carbons (Fsp3) is 0.500. The van der Waals surface area contributed by atoms with E-state index in [-0.39, 0.29) is 0 Å². The van der Waals surface area contributed by atoms with Crippen molar-refractivity contribution in [3.63, 3.8) is 0 Å². The van der Waals surface area contributed by atoms with Crippen molar-refractivity contribution >= 4 is 66.2 Å². The van der Waals surface area contributed by atoms with Crippen molar-refractivity contribution in [2.75, 3.05) is 39.6 Å². The summed E-state index contributed by atoms with van der Waals surface area (Å²) in [5.41, 5.74) is 11.1. The number of fused-ring (bicyclic) bond motifs is 12. The van der Waals surface area contributed by atoms with E-state index in [4.69, 9.17) is 58.3 Å². The lowest BCUT2D eigenvalue weighted by Crippen LogP contribution is -1.96. The molecule has 0 aromatic carbocycles. The van der Waals surface area contributed by atoms with E-state index in [0.717, 1.165) is 110 Å². The average Bonchev–Trinajstić information content (AvgIpc) is 0.876. The Labute approximate surface area is 724 Å². The number of unbranched alkanes of at least 4 members (excludes halogenated alkanes) is 30. The summed E-state index contributed by atoms with van der Waals surface area (Å²) in [4.78, 5) is 29.1. The molecule has 0 fully saturated rings. The second kappa shape index (κ2) is 64.3. The summed E-state index contributed by atoms with van der Waals surface area (Å²) < 4.78 is 37.4. The molecule has 12 bridgehead atoms. The number of hydrogen-bond donors (Lipinski definition) is 0. The second-order valence-electron chi connectivity index (χ2n) is 30.4. The highest BCUT2D eigenvalue weighted by molar-refractivity contribution is 5.59. The molecule has 0 aliphatic rings. The third-order valence-corrected chi connectivity index (χ3v) is 19.4. The molecule has 0 amide bonds. The van der Waals surface area contributed by atoms with Crippen LogP contribution in [0.3, 0.4) is 0 Å². The van der Waals surface area contributed by atoms with E-state index in [1.807, 2.05) is 72.8 Å². The van der Waals surface area contributed by atoms with Crippen LogP contribution in [0, 0.1) is 146 Å². The Hall–Kier alpha value is -10.6. The zero-order chi connectivity index (χ0) is 84.3. The maximum atomic E-state index is 6.24. The lowest BCUT2D eigenvalue weighted by atomic mass is 10.1. The summed E-state index contributed by atoms with van der Waals surface area (Å²) in [5, 5.41) is 0. The first-order chi connectivity index (χ1) is 59.3. The van der Waals surface area contributed by atoms with E-state index < -0.39 is 0 Å². The highest BCUT2D eigenvalue weighted by atomic mass is 16.5. The van der Waals surface area contributed by atoms with E-state index in [2.05, 4.69) is 187 Å². The van der Waals surface area contributed by atoms with Gasteiger partial charge in [0.05, 0.1) is 39.6 Å². The van der Waals surface area contributed by atoms with Crippen LogP contribution in [0.15, 0.2) is 72.8 Å². The van der Waals surface area contributed by atoms with Crippen molar-refractivity contribution in [3.8, 4) is 0 Å². The van der Waals surface area contributed by atoms with Crippen molar-refractivity contribution in [3.05, 3.63) is 252 Å². The van der Waals surface area contributed by atoms with Crippen molar-refractivity contribution in [2.45, 2.75) is 312 Å². The largest absolute Gasteiger partial charge is 0.377 e. The standard InChI is InChI=1S/C108H126N6O6/c1-7-13-19-25-31-49-67-115-85-91-73-97-55-37-39-57-99-75-92(86-116-68-50-32-26-20-14-8-2)77-101(110-99)59-41-43-61-103-79-94(88-118-70-52-34-28-22-16-10-4)81-105(112-103)63-45-47-65-107-83-96(90-120-72-54-36-30-24-18-12-6)84-108(114-107)66-48-46-64-106-82-95(89-119-71-53-35-29-23-17-11-5)80-104(113-106)62-44-42-60-102-78-93(87-117-69-51-33-27-21-15-9-3)76-100(111-102)58-40-38-56-98(74-91)109-97/h73-84H,7-36,49-54,67-72,85-90H2,1-6H3. The molecule has 0 atom stereocenters. The lowest BCUT2D eigenvalue weighted by molar-refractivity contribution is 0.117. The summed E-state index contributed by atoms with van der Waals surface area (Å²) in [5.74, 6) is 0. The van der Waals surface area contributed by atoms with E-state index in [1.165, 1.54) is 154 Å².